The molecule has 2 aliphatic carbocycles. The molecule has 0 spiro atoms. The maximum atomic E-state index is 15.1. The number of hydrogen-bond donors (Lipinski definition) is 1. The number of imidazole rings is 1. The van der Waals surface area contributed by atoms with Crippen molar-refractivity contribution in [3.8, 4) is 11.8 Å². The number of anilines is 1. The average molecular weight is 496 g/mol. The Morgan fingerprint density at radius 2 is 1.97 bits per heavy atom. The van der Waals surface area contributed by atoms with E-state index < -0.39 is 0 Å². The number of nitrogens with two attached hydrogens (primary N) is 1. The van der Waals surface area contributed by atoms with Gasteiger partial charge in [-0.1, -0.05) is 12.5 Å². The van der Waals surface area contributed by atoms with Gasteiger partial charge in [-0.3, -0.25) is 9.48 Å². The maximum absolute atomic E-state index is 15.1. The summed E-state index contributed by atoms with van der Waals surface area (Å²) in [6, 6.07) is 3.62. The van der Waals surface area contributed by atoms with Crippen LogP contribution in [0.15, 0.2) is 37.3 Å². The molecule has 4 heterocycles. The van der Waals surface area contributed by atoms with E-state index >= 15 is 4.39 Å². The lowest BCUT2D eigenvalue weighted by Gasteiger charge is -2.16. The molecule has 1 amide bonds. The largest absolute Gasteiger partial charge is 0.383 e. The highest BCUT2D eigenvalue weighted by Gasteiger charge is 2.33. The Labute approximate surface area is 213 Å². The van der Waals surface area contributed by atoms with Gasteiger partial charge in [0, 0.05) is 31.4 Å². The molecular formula is C28H26FN7O. The van der Waals surface area contributed by atoms with Gasteiger partial charge in [0.05, 0.1) is 39.9 Å². The van der Waals surface area contributed by atoms with E-state index in [1.807, 2.05) is 15.4 Å². The minimum absolute atomic E-state index is 0.0132. The van der Waals surface area contributed by atoms with E-state index in [-0.39, 0.29) is 23.3 Å². The van der Waals surface area contributed by atoms with E-state index in [1.54, 1.807) is 17.3 Å². The van der Waals surface area contributed by atoms with Crippen molar-refractivity contribution in [1.29, 1.82) is 0 Å². The van der Waals surface area contributed by atoms with Gasteiger partial charge in [0.2, 0.25) is 5.91 Å². The zero-order valence-electron chi connectivity index (χ0n) is 20.3. The number of nitrogen functional groups attached to an aromatic ring is 1. The van der Waals surface area contributed by atoms with Crippen LogP contribution in [0.2, 0.25) is 0 Å². The van der Waals surface area contributed by atoms with Crippen molar-refractivity contribution in [2.45, 2.75) is 50.1 Å². The van der Waals surface area contributed by atoms with Crippen LogP contribution in [-0.2, 0) is 4.79 Å². The van der Waals surface area contributed by atoms with Crippen LogP contribution in [0.25, 0.3) is 21.9 Å². The molecule has 0 radical (unpaired) electrons. The molecule has 3 fully saturated rings. The number of likely N-dealkylation sites (tertiary alicyclic amines) is 1. The molecule has 3 aromatic heterocycles. The highest BCUT2D eigenvalue weighted by Crippen LogP contribution is 2.45. The number of carbonyl (C=O) groups excluding carboxylic acids is 1. The Morgan fingerprint density at radius 1 is 1.14 bits per heavy atom. The van der Waals surface area contributed by atoms with Crippen molar-refractivity contribution >= 4 is 33.7 Å². The number of benzene rings is 1. The van der Waals surface area contributed by atoms with Gasteiger partial charge in [0.15, 0.2) is 0 Å². The van der Waals surface area contributed by atoms with E-state index in [9.17, 15) is 4.79 Å². The van der Waals surface area contributed by atoms with Crippen molar-refractivity contribution in [3.05, 3.63) is 59.9 Å². The van der Waals surface area contributed by atoms with E-state index in [0.717, 1.165) is 54.2 Å². The number of amides is 1. The highest BCUT2D eigenvalue weighted by atomic mass is 19.1. The molecular weight excluding hydrogens is 469 g/mol. The summed E-state index contributed by atoms with van der Waals surface area (Å²) in [5, 5.41) is 5.58. The minimum atomic E-state index is -0.384. The fraction of sp³-hybridized carbons (Fsp3) is 0.357. The summed E-state index contributed by atoms with van der Waals surface area (Å²) in [6.45, 7) is 4.79. The molecule has 1 aliphatic heterocycles. The zero-order valence-corrected chi connectivity index (χ0v) is 20.3. The number of rotatable bonds is 4. The Morgan fingerprint density at radius 3 is 2.73 bits per heavy atom. The lowest BCUT2D eigenvalue weighted by molar-refractivity contribution is -0.125. The summed E-state index contributed by atoms with van der Waals surface area (Å²) >= 11 is 0. The molecule has 4 aromatic rings. The third kappa shape index (κ3) is 3.67. The van der Waals surface area contributed by atoms with Crippen LogP contribution < -0.4 is 5.73 Å². The highest BCUT2D eigenvalue weighted by molar-refractivity contribution is 5.96. The summed E-state index contributed by atoms with van der Waals surface area (Å²) in [5.41, 5.74) is 10.7. The number of halogens is 1. The Balaban J connectivity index is 1.33. The van der Waals surface area contributed by atoms with Crippen molar-refractivity contribution < 1.29 is 9.18 Å². The second-order valence-corrected chi connectivity index (χ2v) is 10.3. The third-order valence-corrected chi connectivity index (χ3v) is 7.71. The van der Waals surface area contributed by atoms with Crippen molar-refractivity contribution in [3.63, 3.8) is 0 Å². The first-order valence-electron chi connectivity index (χ1n) is 12.8. The lowest BCUT2D eigenvalue weighted by atomic mass is 10.1. The Kier molecular flexibility index (Phi) is 4.86. The van der Waals surface area contributed by atoms with Crippen LogP contribution in [0.5, 0.6) is 0 Å². The van der Waals surface area contributed by atoms with Gasteiger partial charge in [-0.05, 0) is 61.6 Å². The van der Waals surface area contributed by atoms with E-state index in [0.29, 0.717) is 41.9 Å². The standard InChI is InChI=1S/C28H26FN7O/c1-2-25(37)34-10-9-19(14-34)36-27-20(16-3-4-16)13-31-28(30)26(27)22(33-36)8-5-17-11-23-24(12-21(17)29)35(15-32-23)18-6-7-18/h2,11-13,15-16,18-19H,1,3-4,6-7,9-10,14H2,(H2,30,31)/t19-/m0/s1. The second kappa shape index (κ2) is 8.17. The van der Waals surface area contributed by atoms with Crippen LogP contribution >= 0.6 is 0 Å². The first-order valence-corrected chi connectivity index (χ1v) is 12.8. The number of pyridine rings is 1. The van der Waals surface area contributed by atoms with Crippen molar-refractivity contribution in [1.82, 2.24) is 29.2 Å². The molecule has 2 N–H and O–H groups in total. The molecule has 0 bridgehead atoms. The summed E-state index contributed by atoms with van der Waals surface area (Å²) in [6.07, 6.45) is 10.1. The normalized spacial score (nSPS) is 19.4. The van der Waals surface area contributed by atoms with Gasteiger partial charge in [-0.25, -0.2) is 14.4 Å². The fourth-order valence-corrected chi connectivity index (χ4v) is 5.45. The predicted octanol–water partition coefficient (Wildman–Crippen LogP) is 4.07. The summed E-state index contributed by atoms with van der Waals surface area (Å²) < 4.78 is 19.1. The number of nitrogens with zero attached hydrogens (tertiary/aromatic N) is 6. The second-order valence-electron chi connectivity index (χ2n) is 10.3. The Bertz CT molecular complexity index is 1660. The van der Waals surface area contributed by atoms with Gasteiger partial charge < -0.3 is 15.2 Å². The van der Waals surface area contributed by atoms with Gasteiger partial charge in [-0.2, -0.15) is 5.10 Å². The smallest absolute Gasteiger partial charge is 0.246 e. The average Bonchev–Trinajstić information content (AvgIpc) is 3.80. The number of hydrogen-bond acceptors (Lipinski definition) is 5. The summed E-state index contributed by atoms with van der Waals surface area (Å²) in [7, 11) is 0. The van der Waals surface area contributed by atoms with Crippen LogP contribution in [0.3, 0.4) is 0 Å². The summed E-state index contributed by atoms with van der Waals surface area (Å²) in [5.74, 6) is 6.38. The molecule has 1 saturated heterocycles. The van der Waals surface area contributed by atoms with Crippen LogP contribution in [0, 0.1) is 17.7 Å². The summed E-state index contributed by atoms with van der Waals surface area (Å²) in [4.78, 5) is 22.9. The van der Waals surface area contributed by atoms with Crippen LogP contribution in [0.4, 0.5) is 10.2 Å². The molecule has 1 aromatic carbocycles. The molecule has 2 saturated carbocycles. The topological polar surface area (TPSA) is 94.9 Å². The van der Waals surface area contributed by atoms with Gasteiger partial charge >= 0.3 is 0 Å². The minimum Gasteiger partial charge on any atom is -0.383 e. The van der Waals surface area contributed by atoms with E-state index in [4.69, 9.17) is 10.8 Å². The van der Waals surface area contributed by atoms with Crippen molar-refractivity contribution in [2.75, 3.05) is 18.8 Å². The predicted molar refractivity (Wildman–Crippen MR) is 138 cm³/mol. The fourth-order valence-electron chi connectivity index (χ4n) is 5.45. The van der Waals surface area contributed by atoms with Crippen LogP contribution in [0.1, 0.15) is 66.9 Å². The molecule has 0 unspecified atom stereocenters. The molecule has 1 atom stereocenters. The first-order chi connectivity index (χ1) is 18.0. The third-order valence-electron chi connectivity index (χ3n) is 7.71. The monoisotopic (exact) mass is 495 g/mol. The quantitative estimate of drug-likeness (QED) is 0.340. The van der Waals surface area contributed by atoms with E-state index in [2.05, 4.69) is 28.4 Å². The van der Waals surface area contributed by atoms with Crippen LogP contribution in [-0.4, -0.2) is 48.2 Å². The number of carbonyl (C=O) groups is 1. The van der Waals surface area contributed by atoms with Gasteiger partial charge in [-0.15, -0.1) is 0 Å². The Hall–Kier alpha value is -4.19. The zero-order chi connectivity index (χ0) is 25.3. The molecule has 37 heavy (non-hydrogen) atoms. The SMILES string of the molecule is C=CC(=O)N1CC[C@H](n2nc(C#Cc3cc4ncn(C5CC5)c4cc3F)c3c(N)ncc(C4CC4)c32)C1. The molecule has 7 rings (SSSR count). The van der Waals surface area contributed by atoms with Gasteiger partial charge in [0.25, 0.3) is 0 Å². The molecule has 9 heteroatoms. The van der Waals surface area contributed by atoms with Crippen molar-refractivity contribution in [2.24, 2.45) is 0 Å². The molecule has 186 valence electrons. The van der Waals surface area contributed by atoms with Gasteiger partial charge in [0.1, 0.15) is 17.3 Å². The number of fused-ring (bicyclic) bond motifs is 2. The number of aromatic nitrogens is 5. The first kappa shape index (κ1) is 22.0. The maximum Gasteiger partial charge on any atom is 0.246 e. The lowest BCUT2D eigenvalue weighted by Crippen LogP contribution is -2.27. The van der Waals surface area contributed by atoms with E-state index in [1.165, 1.54) is 12.1 Å². The molecule has 3 aliphatic rings. The molecule has 8 nitrogen and oxygen atoms in total.